The minimum Gasteiger partial charge on any atom is -0.418 e. The summed E-state index contributed by atoms with van der Waals surface area (Å²) >= 11 is 0. The fourth-order valence-electron chi connectivity index (χ4n) is 6.22. The minimum absolute atomic E-state index is 1.13. The van der Waals surface area contributed by atoms with E-state index in [2.05, 4.69) is 129 Å². The van der Waals surface area contributed by atoms with Crippen LogP contribution in [-0.2, 0) is 0 Å². The van der Waals surface area contributed by atoms with Gasteiger partial charge in [0.1, 0.15) is 17.1 Å². The van der Waals surface area contributed by atoms with Crippen molar-refractivity contribution in [2.75, 3.05) is 54.0 Å². The highest BCUT2D eigenvalue weighted by Crippen LogP contribution is 2.25. The molecule has 0 aliphatic heterocycles. The topological polar surface area (TPSA) is 14.2 Å². The molecule has 286 valence electrons. The van der Waals surface area contributed by atoms with Gasteiger partial charge in [-0.15, -0.1) is 0 Å². The summed E-state index contributed by atoms with van der Waals surface area (Å²) in [5.74, 6) is 0. The van der Waals surface area contributed by atoms with Gasteiger partial charge < -0.3 is 32.0 Å². The predicted molar refractivity (Wildman–Crippen MR) is 216 cm³/mol. The van der Waals surface area contributed by atoms with Crippen molar-refractivity contribution in [3.05, 3.63) is 72.8 Å². The zero-order valence-electron chi connectivity index (χ0n) is 32.6. The SMILES string of the molecule is CCCCN(CCCC)c1ccc([NH+](c2ccc(N(CCCC)CCCC)cc2)c2ccc(N(CCCC)CCCC)cc2)cc1.F[B-](F)(F)F. The van der Waals surface area contributed by atoms with Crippen molar-refractivity contribution in [3.8, 4) is 0 Å². The number of anilines is 3. The van der Waals surface area contributed by atoms with Crippen molar-refractivity contribution >= 4 is 41.4 Å². The lowest BCUT2D eigenvalue weighted by atomic mass is 10.1. The maximum Gasteiger partial charge on any atom is 0.673 e. The number of hydrogen-bond acceptors (Lipinski definition) is 3. The van der Waals surface area contributed by atoms with Crippen LogP contribution < -0.4 is 19.6 Å². The monoisotopic (exact) mass is 715 g/mol. The standard InChI is InChI=1S/C42H66N4.BF4/c1-7-13-31-43(32-14-8-2)37-19-25-40(26-20-37)46(41-27-21-38(22-28-41)44(33-15-9-3)34-16-10-4)42-29-23-39(24-30-42)45(35-17-11-5)36-18-12-6;2-1(3,4)5/h19-30H,7-18,31-36H2,1-6H3;/q;-1/p+1. The summed E-state index contributed by atoms with van der Waals surface area (Å²) in [6, 6.07) is 28.3. The van der Waals surface area contributed by atoms with E-state index < -0.39 is 7.25 Å². The Morgan fingerprint density at radius 2 is 0.549 bits per heavy atom. The number of hydrogen-bond donors (Lipinski definition) is 1. The van der Waals surface area contributed by atoms with Crippen molar-refractivity contribution in [1.29, 1.82) is 0 Å². The van der Waals surface area contributed by atoms with E-state index in [0.717, 1.165) is 39.3 Å². The second-order valence-corrected chi connectivity index (χ2v) is 13.6. The molecule has 0 bridgehead atoms. The molecule has 0 heterocycles. The molecule has 3 aromatic rings. The smallest absolute Gasteiger partial charge is 0.418 e. The van der Waals surface area contributed by atoms with Crippen molar-refractivity contribution in [1.82, 2.24) is 0 Å². The molecule has 0 aliphatic carbocycles. The molecular weight excluding hydrogens is 647 g/mol. The molecule has 0 amide bonds. The number of rotatable bonds is 24. The Morgan fingerprint density at radius 1 is 0.373 bits per heavy atom. The molecule has 0 atom stereocenters. The largest absolute Gasteiger partial charge is 0.673 e. The summed E-state index contributed by atoms with van der Waals surface area (Å²) in [5, 5.41) is 0. The van der Waals surface area contributed by atoms with Crippen LogP contribution in [0.1, 0.15) is 119 Å². The summed E-state index contributed by atoms with van der Waals surface area (Å²) in [6.07, 6.45) is 14.8. The van der Waals surface area contributed by atoms with Crippen LogP contribution in [0.15, 0.2) is 72.8 Å². The maximum atomic E-state index is 9.75. The van der Waals surface area contributed by atoms with Crippen molar-refractivity contribution in [2.24, 2.45) is 0 Å². The first-order valence-electron chi connectivity index (χ1n) is 19.9. The van der Waals surface area contributed by atoms with Crippen molar-refractivity contribution in [3.63, 3.8) is 0 Å². The first-order valence-corrected chi connectivity index (χ1v) is 19.9. The van der Waals surface area contributed by atoms with Crippen LogP contribution in [0, 0.1) is 0 Å². The molecule has 0 radical (unpaired) electrons. The van der Waals surface area contributed by atoms with Crippen LogP contribution >= 0.6 is 0 Å². The Hall–Kier alpha value is -3.20. The minimum atomic E-state index is -6.00. The molecule has 3 aromatic carbocycles. The van der Waals surface area contributed by atoms with Crippen molar-refractivity contribution < 1.29 is 22.2 Å². The lowest BCUT2D eigenvalue weighted by Crippen LogP contribution is -2.96. The van der Waals surface area contributed by atoms with E-state index in [1.807, 2.05) is 0 Å². The van der Waals surface area contributed by atoms with E-state index in [1.54, 1.807) is 0 Å². The van der Waals surface area contributed by atoms with E-state index in [9.17, 15) is 17.3 Å². The number of nitrogens with zero attached hydrogens (tertiary/aromatic N) is 3. The lowest BCUT2D eigenvalue weighted by Gasteiger charge is -2.27. The molecule has 0 saturated heterocycles. The van der Waals surface area contributed by atoms with Gasteiger partial charge in [0, 0.05) is 92.7 Å². The summed E-state index contributed by atoms with van der Waals surface area (Å²) in [7, 11) is -6.00. The van der Waals surface area contributed by atoms with Gasteiger partial charge in [0.25, 0.3) is 0 Å². The van der Waals surface area contributed by atoms with E-state index in [4.69, 9.17) is 0 Å². The first kappa shape index (κ1) is 44.0. The summed E-state index contributed by atoms with van der Waals surface area (Å²) < 4.78 is 39.0. The summed E-state index contributed by atoms with van der Waals surface area (Å²) in [6.45, 7) is 20.5. The Morgan fingerprint density at radius 3 is 0.706 bits per heavy atom. The molecule has 3 rings (SSSR count). The Bertz CT molecular complexity index is 1110. The number of unbranched alkanes of at least 4 members (excludes halogenated alkanes) is 6. The number of nitrogens with one attached hydrogen (secondary N) is 1. The molecule has 51 heavy (non-hydrogen) atoms. The fourth-order valence-corrected chi connectivity index (χ4v) is 6.22. The number of benzene rings is 3. The van der Waals surface area contributed by atoms with Gasteiger partial charge in [-0.25, -0.2) is 4.90 Å². The third-order valence-electron chi connectivity index (χ3n) is 9.25. The van der Waals surface area contributed by atoms with Gasteiger partial charge in [0.15, 0.2) is 0 Å². The normalized spacial score (nSPS) is 11.4. The second-order valence-electron chi connectivity index (χ2n) is 13.6. The molecule has 0 fully saturated rings. The highest BCUT2D eigenvalue weighted by atomic mass is 19.5. The van der Waals surface area contributed by atoms with Crippen LogP contribution in [0.4, 0.5) is 51.4 Å². The van der Waals surface area contributed by atoms with Gasteiger partial charge >= 0.3 is 7.25 Å². The van der Waals surface area contributed by atoms with Gasteiger partial charge in [-0.05, 0) is 74.9 Å². The van der Waals surface area contributed by atoms with E-state index in [1.165, 1.54) is 116 Å². The van der Waals surface area contributed by atoms with E-state index in [0.29, 0.717) is 0 Å². The van der Waals surface area contributed by atoms with E-state index >= 15 is 0 Å². The summed E-state index contributed by atoms with van der Waals surface area (Å²) in [4.78, 5) is 9.08. The first-order chi connectivity index (χ1) is 24.6. The molecule has 0 saturated carbocycles. The third-order valence-corrected chi connectivity index (χ3v) is 9.25. The summed E-state index contributed by atoms with van der Waals surface area (Å²) in [5.41, 5.74) is 7.91. The molecule has 0 aliphatic rings. The Kier molecular flexibility index (Phi) is 21.5. The molecular formula is C42H67BF4N4. The molecule has 9 heteroatoms. The van der Waals surface area contributed by atoms with Gasteiger partial charge in [-0.1, -0.05) is 80.1 Å². The molecule has 4 nitrogen and oxygen atoms in total. The molecule has 1 N–H and O–H groups in total. The predicted octanol–water partition coefficient (Wildman–Crippen LogP) is 12.4. The van der Waals surface area contributed by atoms with Crippen LogP contribution in [0.2, 0.25) is 0 Å². The maximum absolute atomic E-state index is 9.75. The highest BCUT2D eigenvalue weighted by Gasteiger charge is 2.22. The van der Waals surface area contributed by atoms with Crippen molar-refractivity contribution in [2.45, 2.75) is 119 Å². The molecule has 0 aromatic heterocycles. The third kappa shape index (κ3) is 16.8. The van der Waals surface area contributed by atoms with Gasteiger partial charge in [0.2, 0.25) is 0 Å². The van der Waals surface area contributed by atoms with Crippen LogP contribution in [0.3, 0.4) is 0 Å². The fraction of sp³-hybridized carbons (Fsp3) is 0.571. The average molecular weight is 715 g/mol. The molecule has 0 spiro atoms. The van der Waals surface area contributed by atoms with E-state index in [-0.39, 0.29) is 0 Å². The highest BCUT2D eigenvalue weighted by molar-refractivity contribution is 6.50. The zero-order valence-corrected chi connectivity index (χ0v) is 32.6. The van der Waals surface area contributed by atoms with Crippen LogP contribution in [0.25, 0.3) is 0 Å². The lowest BCUT2D eigenvalue weighted by molar-refractivity contribution is -0.681. The number of halogens is 4. The Balaban J connectivity index is 0.00000168. The van der Waals surface area contributed by atoms with Gasteiger partial charge in [0.05, 0.1) is 0 Å². The molecule has 0 unspecified atom stereocenters. The van der Waals surface area contributed by atoms with Crippen LogP contribution in [-0.4, -0.2) is 46.5 Å². The zero-order chi connectivity index (χ0) is 37.5. The van der Waals surface area contributed by atoms with Gasteiger partial charge in [-0.2, -0.15) is 0 Å². The van der Waals surface area contributed by atoms with Crippen LogP contribution in [0.5, 0.6) is 0 Å². The number of quaternary nitrogens is 1. The quantitative estimate of drug-likeness (QED) is 0.0734. The average Bonchev–Trinajstić information content (AvgIpc) is 3.12. The Labute approximate surface area is 308 Å². The van der Waals surface area contributed by atoms with Gasteiger partial charge in [-0.3, -0.25) is 0 Å². The second kappa shape index (κ2) is 24.9.